The third kappa shape index (κ3) is 9.44. The summed E-state index contributed by atoms with van der Waals surface area (Å²) in [4.78, 5) is 4.64. The smallest absolute Gasteiger partial charge is 0.137 e. The van der Waals surface area contributed by atoms with Crippen molar-refractivity contribution < 1.29 is 4.74 Å². The van der Waals surface area contributed by atoms with Gasteiger partial charge < -0.3 is 4.74 Å². The molecule has 2 fully saturated rings. The average Bonchev–Trinajstić information content (AvgIpc) is 2.84. The Hall–Kier alpha value is -1.05. The molecule has 2 heteroatoms. The van der Waals surface area contributed by atoms with Crippen LogP contribution in [0.15, 0.2) is 18.3 Å². The molecule has 0 aromatic carbocycles. The molecule has 3 rings (SSSR count). The number of ether oxygens (including phenoxy) is 1. The van der Waals surface area contributed by atoms with E-state index in [4.69, 9.17) is 4.74 Å². The van der Waals surface area contributed by atoms with Crippen LogP contribution in [0.3, 0.4) is 0 Å². The van der Waals surface area contributed by atoms with E-state index >= 15 is 0 Å². The van der Waals surface area contributed by atoms with Gasteiger partial charge in [-0.25, -0.2) is 0 Å². The Bertz CT molecular complexity index is 581. The number of rotatable bonds is 14. The van der Waals surface area contributed by atoms with Crippen LogP contribution in [-0.4, -0.2) is 11.6 Å². The van der Waals surface area contributed by atoms with Crippen molar-refractivity contribution in [1.82, 2.24) is 4.98 Å². The molecule has 1 aromatic heterocycles. The van der Waals surface area contributed by atoms with Gasteiger partial charge in [-0.3, -0.25) is 4.98 Å². The Morgan fingerprint density at radius 2 is 1.25 bits per heavy atom. The van der Waals surface area contributed by atoms with Crippen LogP contribution in [0.4, 0.5) is 0 Å². The van der Waals surface area contributed by atoms with Gasteiger partial charge in [-0.05, 0) is 55.1 Å². The fourth-order valence-corrected chi connectivity index (χ4v) is 6.10. The molecule has 2 aliphatic rings. The number of hydrogen-bond donors (Lipinski definition) is 0. The summed E-state index contributed by atoms with van der Waals surface area (Å²) in [6.07, 6.45) is 27.5. The van der Waals surface area contributed by atoms with Gasteiger partial charge in [0.25, 0.3) is 0 Å². The monoisotopic (exact) mass is 441 g/mol. The van der Waals surface area contributed by atoms with Gasteiger partial charge in [-0.2, -0.15) is 0 Å². The van der Waals surface area contributed by atoms with Crippen LogP contribution in [-0.2, 0) is 6.42 Å². The normalized spacial score (nSPS) is 26.2. The van der Waals surface area contributed by atoms with Crippen LogP contribution < -0.4 is 4.74 Å². The summed E-state index contributed by atoms with van der Waals surface area (Å²) in [7, 11) is 0. The molecule has 2 saturated carbocycles. The van der Waals surface area contributed by atoms with Crippen molar-refractivity contribution in [3.8, 4) is 5.75 Å². The first kappa shape index (κ1) is 25.6. The largest absolute Gasteiger partial charge is 0.492 e. The second-order valence-corrected chi connectivity index (χ2v) is 11.1. The molecule has 0 amide bonds. The number of aromatic nitrogens is 1. The minimum absolute atomic E-state index is 0.807. The van der Waals surface area contributed by atoms with E-state index in [0.29, 0.717) is 0 Å². The van der Waals surface area contributed by atoms with Crippen molar-refractivity contribution >= 4 is 0 Å². The molecule has 0 N–H and O–H groups in total. The van der Waals surface area contributed by atoms with Crippen molar-refractivity contribution in [2.45, 2.75) is 129 Å². The SMILES string of the molecule is CCCCC[C@H]1CC[C@H](CCC2CCC(CCc3ccc(OCCCC)cn3)CC2)CC1. The third-order valence-corrected chi connectivity index (χ3v) is 8.50. The van der Waals surface area contributed by atoms with Gasteiger partial charge in [0.2, 0.25) is 0 Å². The molecule has 2 aliphatic carbocycles. The number of nitrogens with zero attached hydrogens (tertiary/aromatic N) is 1. The van der Waals surface area contributed by atoms with E-state index in [2.05, 4.69) is 31.0 Å². The van der Waals surface area contributed by atoms with Gasteiger partial charge in [-0.1, -0.05) is 110 Å². The topological polar surface area (TPSA) is 22.1 Å². The standard InChI is InChI=1S/C30H51NO/c1-3-5-7-8-25-9-11-26(12-10-25)13-14-27-15-17-28(18-16-27)19-20-29-21-22-30(24-31-29)32-23-6-4-2/h21-22,24-28H,3-20,23H2,1-2H3/t25-,26-,27?,28?. The molecule has 2 nitrogen and oxygen atoms in total. The molecular formula is C30H51NO. The van der Waals surface area contributed by atoms with Crippen molar-refractivity contribution in [2.24, 2.45) is 23.7 Å². The molecule has 0 atom stereocenters. The van der Waals surface area contributed by atoms with Crippen molar-refractivity contribution in [2.75, 3.05) is 6.61 Å². The highest BCUT2D eigenvalue weighted by atomic mass is 16.5. The Kier molecular flexibility index (Phi) is 12.0. The summed E-state index contributed by atoms with van der Waals surface area (Å²) in [6.45, 7) is 5.32. The number of pyridine rings is 1. The zero-order chi connectivity index (χ0) is 22.4. The van der Waals surface area contributed by atoms with Gasteiger partial charge in [0.15, 0.2) is 0 Å². The van der Waals surface area contributed by atoms with E-state index in [0.717, 1.165) is 48.9 Å². The maximum Gasteiger partial charge on any atom is 0.137 e. The Labute approximate surface area is 199 Å². The second-order valence-electron chi connectivity index (χ2n) is 11.1. The molecule has 1 aromatic rings. The highest BCUT2D eigenvalue weighted by Gasteiger charge is 2.24. The lowest BCUT2D eigenvalue weighted by Gasteiger charge is -2.32. The molecule has 0 aliphatic heterocycles. The van der Waals surface area contributed by atoms with E-state index in [1.165, 1.54) is 108 Å². The number of aryl methyl sites for hydroxylation is 1. The van der Waals surface area contributed by atoms with E-state index in [-0.39, 0.29) is 0 Å². The van der Waals surface area contributed by atoms with E-state index < -0.39 is 0 Å². The fraction of sp³-hybridized carbons (Fsp3) is 0.833. The van der Waals surface area contributed by atoms with Crippen LogP contribution in [0.5, 0.6) is 5.75 Å². The predicted molar refractivity (Wildman–Crippen MR) is 137 cm³/mol. The van der Waals surface area contributed by atoms with Crippen molar-refractivity contribution in [3.63, 3.8) is 0 Å². The third-order valence-electron chi connectivity index (χ3n) is 8.50. The zero-order valence-corrected chi connectivity index (χ0v) is 21.3. The summed E-state index contributed by atoms with van der Waals surface area (Å²) >= 11 is 0. The second kappa shape index (κ2) is 15.0. The minimum Gasteiger partial charge on any atom is -0.492 e. The van der Waals surface area contributed by atoms with E-state index in [9.17, 15) is 0 Å². The van der Waals surface area contributed by atoms with Crippen molar-refractivity contribution in [1.29, 1.82) is 0 Å². The molecule has 182 valence electrons. The first-order valence-electron chi connectivity index (χ1n) is 14.3. The van der Waals surface area contributed by atoms with Gasteiger partial charge in [-0.15, -0.1) is 0 Å². The average molecular weight is 442 g/mol. The highest BCUT2D eigenvalue weighted by Crippen LogP contribution is 2.38. The Morgan fingerprint density at radius 1 is 0.688 bits per heavy atom. The minimum atomic E-state index is 0.807. The molecule has 0 saturated heterocycles. The fourth-order valence-electron chi connectivity index (χ4n) is 6.10. The first-order chi connectivity index (χ1) is 15.8. The van der Waals surface area contributed by atoms with Crippen molar-refractivity contribution in [3.05, 3.63) is 24.0 Å². The van der Waals surface area contributed by atoms with Crippen LogP contribution in [0.25, 0.3) is 0 Å². The Morgan fingerprint density at radius 3 is 1.78 bits per heavy atom. The quantitative estimate of drug-likeness (QED) is 0.268. The summed E-state index contributed by atoms with van der Waals surface area (Å²) in [5.41, 5.74) is 1.24. The van der Waals surface area contributed by atoms with Gasteiger partial charge in [0.1, 0.15) is 5.75 Å². The first-order valence-corrected chi connectivity index (χ1v) is 14.3. The summed E-state index contributed by atoms with van der Waals surface area (Å²) in [5, 5.41) is 0. The lowest BCUT2D eigenvalue weighted by atomic mass is 9.74. The van der Waals surface area contributed by atoms with Crippen LogP contribution in [0, 0.1) is 23.7 Å². The van der Waals surface area contributed by atoms with Gasteiger partial charge in [0.05, 0.1) is 12.8 Å². The zero-order valence-electron chi connectivity index (χ0n) is 21.3. The maximum absolute atomic E-state index is 5.74. The van der Waals surface area contributed by atoms with Crippen LogP contribution >= 0.6 is 0 Å². The van der Waals surface area contributed by atoms with E-state index in [1.807, 2.05) is 6.20 Å². The Balaban J connectivity index is 1.23. The van der Waals surface area contributed by atoms with Gasteiger partial charge >= 0.3 is 0 Å². The highest BCUT2D eigenvalue weighted by molar-refractivity contribution is 5.19. The summed E-state index contributed by atoms with van der Waals surface area (Å²) in [5.74, 6) is 4.98. The maximum atomic E-state index is 5.74. The molecule has 0 unspecified atom stereocenters. The molecule has 1 heterocycles. The van der Waals surface area contributed by atoms with Gasteiger partial charge in [0, 0.05) is 5.69 Å². The molecule has 0 spiro atoms. The molecule has 0 bridgehead atoms. The van der Waals surface area contributed by atoms with E-state index in [1.54, 1.807) is 0 Å². The number of unbranched alkanes of at least 4 members (excludes halogenated alkanes) is 3. The predicted octanol–water partition coefficient (Wildman–Crippen LogP) is 9.17. The molecule has 0 radical (unpaired) electrons. The summed E-state index contributed by atoms with van der Waals surface area (Å²) in [6, 6.07) is 4.28. The van der Waals surface area contributed by atoms with Crippen LogP contribution in [0.2, 0.25) is 0 Å². The lowest BCUT2D eigenvalue weighted by molar-refractivity contribution is 0.208. The molecular weight excluding hydrogens is 390 g/mol. The summed E-state index contributed by atoms with van der Waals surface area (Å²) < 4.78 is 5.74. The lowest BCUT2D eigenvalue weighted by Crippen LogP contribution is -2.18. The molecule has 32 heavy (non-hydrogen) atoms. The number of hydrogen-bond acceptors (Lipinski definition) is 2. The van der Waals surface area contributed by atoms with Crippen LogP contribution in [0.1, 0.15) is 129 Å².